The van der Waals surface area contributed by atoms with Crippen molar-refractivity contribution in [2.45, 2.75) is 19.0 Å². The van der Waals surface area contributed by atoms with Gasteiger partial charge in [0.2, 0.25) is 0 Å². The van der Waals surface area contributed by atoms with E-state index in [1.165, 1.54) is 10.5 Å². The van der Waals surface area contributed by atoms with Crippen molar-refractivity contribution < 1.29 is 9.90 Å². The van der Waals surface area contributed by atoms with Crippen LogP contribution in [0.15, 0.2) is 42.7 Å². The average molecular weight is 300 g/mol. The summed E-state index contributed by atoms with van der Waals surface area (Å²) < 4.78 is 0. The molecule has 3 rings (SSSR count). The van der Waals surface area contributed by atoms with Crippen molar-refractivity contribution >= 4 is 6.09 Å². The standard InChI is InChI=1S/C16H20N4O2/c21-16(22)20-9-8-19(11-13-4-2-1-3-5-13)12-14(20)10-15-17-6-7-18-15/h1-7,14H,8-12H2,(H,17,18)(H,21,22). The molecule has 1 unspecified atom stereocenters. The lowest BCUT2D eigenvalue weighted by Crippen LogP contribution is -2.55. The number of H-pyrrole nitrogens is 1. The number of imidazole rings is 1. The van der Waals surface area contributed by atoms with E-state index < -0.39 is 6.09 Å². The summed E-state index contributed by atoms with van der Waals surface area (Å²) in [7, 11) is 0. The third-order valence-electron chi connectivity index (χ3n) is 4.05. The molecular weight excluding hydrogens is 280 g/mol. The molecule has 0 saturated carbocycles. The number of rotatable bonds is 4. The van der Waals surface area contributed by atoms with E-state index in [0.29, 0.717) is 13.0 Å². The van der Waals surface area contributed by atoms with Crippen LogP contribution in [0.3, 0.4) is 0 Å². The summed E-state index contributed by atoms with van der Waals surface area (Å²) in [6.07, 6.45) is 3.23. The van der Waals surface area contributed by atoms with Crippen LogP contribution in [0.4, 0.5) is 4.79 Å². The zero-order valence-corrected chi connectivity index (χ0v) is 12.4. The van der Waals surface area contributed by atoms with E-state index in [4.69, 9.17) is 0 Å². The van der Waals surface area contributed by atoms with Crippen molar-refractivity contribution in [3.8, 4) is 0 Å². The van der Waals surface area contributed by atoms with Crippen LogP contribution in [-0.2, 0) is 13.0 Å². The molecule has 1 aliphatic heterocycles. The molecule has 2 N–H and O–H groups in total. The molecule has 0 radical (unpaired) electrons. The molecule has 6 heteroatoms. The molecule has 116 valence electrons. The molecule has 22 heavy (non-hydrogen) atoms. The number of aromatic nitrogens is 2. The summed E-state index contributed by atoms with van der Waals surface area (Å²) in [5.41, 5.74) is 1.25. The van der Waals surface area contributed by atoms with E-state index in [0.717, 1.165) is 25.5 Å². The zero-order valence-electron chi connectivity index (χ0n) is 12.4. The molecule has 6 nitrogen and oxygen atoms in total. The number of piperazine rings is 1. The van der Waals surface area contributed by atoms with Gasteiger partial charge < -0.3 is 15.0 Å². The van der Waals surface area contributed by atoms with Crippen LogP contribution in [0.5, 0.6) is 0 Å². The minimum absolute atomic E-state index is 0.0684. The second-order valence-electron chi connectivity index (χ2n) is 5.59. The number of carboxylic acid groups (broad SMARTS) is 1. The number of nitrogens with one attached hydrogen (secondary N) is 1. The van der Waals surface area contributed by atoms with Crippen LogP contribution in [0.2, 0.25) is 0 Å². The van der Waals surface area contributed by atoms with Gasteiger partial charge in [-0.25, -0.2) is 9.78 Å². The number of aromatic amines is 1. The average Bonchev–Trinajstić information content (AvgIpc) is 3.01. The number of amides is 1. The van der Waals surface area contributed by atoms with Gasteiger partial charge in [0.15, 0.2) is 0 Å². The Kier molecular flexibility index (Phi) is 4.39. The van der Waals surface area contributed by atoms with Crippen molar-refractivity contribution in [2.24, 2.45) is 0 Å². The van der Waals surface area contributed by atoms with Crippen LogP contribution in [-0.4, -0.2) is 56.6 Å². The molecule has 1 aromatic heterocycles. The molecule has 0 aliphatic carbocycles. The maximum atomic E-state index is 11.4. The van der Waals surface area contributed by atoms with Gasteiger partial charge in [-0.05, 0) is 5.56 Å². The second kappa shape index (κ2) is 6.62. The van der Waals surface area contributed by atoms with Gasteiger partial charge in [-0.15, -0.1) is 0 Å². The lowest BCUT2D eigenvalue weighted by Gasteiger charge is -2.39. The molecule has 1 fully saturated rings. The predicted octanol–water partition coefficient (Wildman–Crippen LogP) is 1.82. The highest BCUT2D eigenvalue weighted by Crippen LogP contribution is 2.16. The first-order chi connectivity index (χ1) is 10.7. The van der Waals surface area contributed by atoms with E-state index in [1.54, 1.807) is 12.4 Å². The summed E-state index contributed by atoms with van der Waals surface area (Å²) >= 11 is 0. The third kappa shape index (κ3) is 3.46. The lowest BCUT2D eigenvalue weighted by molar-refractivity contribution is 0.0638. The Bertz CT molecular complexity index is 600. The van der Waals surface area contributed by atoms with Crippen LogP contribution in [0.1, 0.15) is 11.4 Å². The van der Waals surface area contributed by atoms with Crippen molar-refractivity contribution in [3.63, 3.8) is 0 Å². The minimum atomic E-state index is -0.851. The smallest absolute Gasteiger partial charge is 0.407 e. The SMILES string of the molecule is O=C(O)N1CCN(Cc2ccccc2)CC1Cc1ncc[nH]1. The van der Waals surface area contributed by atoms with Gasteiger partial charge in [0.1, 0.15) is 5.82 Å². The van der Waals surface area contributed by atoms with E-state index in [2.05, 4.69) is 27.0 Å². The van der Waals surface area contributed by atoms with Crippen molar-refractivity contribution in [1.82, 2.24) is 19.8 Å². The predicted molar refractivity (Wildman–Crippen MR) is 82.5 cm³/mol. The van der Waals surface area contributed by atoms with Crippen LogP contribution < -0.4 is 0 Å². The quantitative estimate of drug-likeness (QED) is 0.903. The number of carbonyl (C=O) groups is 1. The second-order valence-corrected chi connectivity index (χ2v) is 5.59. The molecule has 1 aromatic carbocycles. The maximum absolute atomic E-state index is 11.4. The third-order valence-corrected chi connectivity index (χ3v) is 4.05. The van der Waals surface area contributed by atoms with Crippen LogP contribution >= 0.6 is 0 Å². The van der Waals surface area contributed by atoms with E-state index in [1.807, 2.05) is 18.2 Å². The van der Waals surface area contributed by atoms with Gasteiger partial charge in [0.05, 0.1) is 6.04 Å². The Morgan fingerprint density at radius 2 is 2.14 bits per heavy atom. The molecule has 2 aromatic rings. The first-order valence-corrected chi connectivity index (χ1v) is 7.46. The minimum Gasteiger partial charge on any atom is -0.465 e. The monoisotopic (exact) mass is 300 g/mol. The van der Waals surface area contributed by atoms with Crippen molar-refractivity contribution in [3.05, 3.63) is 54.1 Å². The number of hydrogen-bond acceptors (Lipinski definition) is 3. The Balaban J connectivity index is 1.68. The topological polar surface area (TPSA) is 72.5 Å². The summed E-state index contributed by atoms with van der Waals surface area (Å²) in [4.78, 5) is 22.6. The molecule has 1 amide bonds. The van der Waals surface area contributed by atoms with E-state index >= 15 is 0 Å². The molecule has 0 spiro atoms. The fourth-order valence-corrected chi connectivity index (χ4v) is 2.96. The zero-order chi connectivity index (χ0) is 15.4. The van der Waals surface area contributed by atoms with Gasteiger partial charge in [0, 0.05) is 45.0 Å². The first-order valence-electron chi connectivity index (χ1n) is 7.46. The largest absolute Gasteiger partial charge is 0.465 e. The molecule has 0 bridgehead atoms. The number of hydrogen-bond donors (Lipinski definition) is 2. The molecule has 1 aliphatic rings. The maximum Gasteiger partial charge on any atom is 0.407 e. The fraction of sp³-hybridized carbons (Fsp3) is 0.375. The summed E-state index contributed by atoms with van der Waals surface area (Å²) in [6, 6.07) is 10.2. The molecule has 1 atom stereocenters. The van der Waals surface area contributed by atoms with Gasteiger partial charge in [-0.1, -0.05) is 30.3 Å². The number of benzene rings is 1. The van der Waals surface area contributed by atoms with E-state index in [9.17, 15) is 9.90 Å². The Labute approximate surface area is 129 Å². The summed E-state index contributed by atoms with van der Waals surface area (Å²) in [5.74, 6) is 0.831. The van der Waals surface area contributed by atoms with Gasteiger partial charge >= 0.3 is 6.09 Å². The fourth-order valence-electron chi connectivity index (χ4n) is 2.96. The molecule has 2 heterocycles. The highest BCUT2D eigenvalue weighted by Gasteiger charge is 2.30. The van der Waals surface area contributed by atoms with Crippen molar-refractivity contribution in [1.29, 1.82) is 0 Å². The van der Waals surface area contributed by atoms with Crippen LogP contribution in [0, 0.1) is 0 Å². The highest BCUT2D eigenvalue weighted by atomic mass is 16.4. The summed E-state index contributed by atoms with van der Waals surface area (Å²) in [6.45, 7) is 2.87. The Morgan fingerprint density at radius 1 is 1.32 bits per heavy atom. The van der Waals surface area contributed by atoms with Crippen LogP contribution in [0.25, 0.3) is 0 Å². The lowest BCUT2D eigenvalue weighted by atomic mass is 10.1. The molecular formula is C16H20N4O2. The highest BCUT2D eigenvalue weighted by molar-refractivity contribution is 5.65. The Hall–Kier alpha value is -2.34. The van der Waals surface area contributed by atoms with E-state index in [-0.39, 0.29) is 6.04 Å². The Morgan fingerprint density at radius 3 is 2.82 bits per heavy atom. The number of nitrogens with zero attached hydrogens (tertiary/aromatic N) is 3. The van der Waals surface area contributed by atoms with Gasteiger partial charge in [-0.3, -0.25) is 4.90 Å². The summed E-state index contributed by atoms with van der Waals surface area (Å²) in [5, 5.41) is 9.39. The first kappa shape index (κ1) is 14.6. The van der Waals surface area contributed by atoms with Gasteiger partial charge in [-0.2, -0.15) is 0 Å². The van der Waals surface area contributed by atoms with Crippen molar-refractivity contribution in [2.75, 3.05) is 19.6 Å². The molecule has 1 saturated heterocycles. The van der Waals surface area contributed by atoms with Gasteiger partial charge in [0.25, 0.3) is 0 Å². The normalized spacial score (nSPS) is 19.3.